The van der Waals surface area contributed by atoms with Crippen molar-refractivity contribution in [2.75, 3.05) is 30.9 Å². The molecule has 0 amide bonds. The summed E-state index contributed by atoms with van der Waals surface area (Å²) < 4.78 is 46.2. The molecule has 0 aliphatic rings. The molecule has 168 valence electrons. The number of methoxy groups -OCH3 is 1. The number of rotatable bonds is 7. The van der Waals surface area contributed by atoms with Crippen LogP contribution in [0.4, 0.5) is 24.8 Å². The number of nitrogens with zero attached hydrogens (tertiary/aromatic N) is 3. The van der Waals surface area contributed by atoms with Gasteiger partial charge in [-0.05, 0) is 50.7 Å². The smallest absolute Gasteiger partial charge is 0.406 e. The fourth-order valence-corrected chi connectivity index (χ4v) is 2.65. The Hall–Kier alpha value is -2.99. The van der Waals surface area contributed by atoms with E-state index in [1.807, 2.05) is 19.9 Å². The molecule has 0 atom stereocenters. The van der Waals surface area contributed by atoms with E-state index in [0.717, 1.165) is 11.4 Å². The van der Waals surface area contributed by atoms with Crippen LogP contribution in [0.3, 0.4) is 0 Å². The van der Waals surface area contributed by atoms with Gasteiger partial charge >= 0.3 is 6.36 Å². The summed E-state index contributed by atoms with van der Waals surface area (Å²) in [6.07, 6.45) is -4.11. The van der Waals surface area contributed by atoms with Crippen LogP contribution in [0.25, 0.3) is 0 Å². The molecule has 2 rings (SSSR count). The van der Waals surface area contributed by atoms with Crippen LogP contribution in [-0.2, 0) is 4.74 Å². The summed E-state index contributed by atoms with van der Waals surface area (Å²) in [4.78, 5) is 13.0. The second-order valence-electron chi connectivity index (χ2n) is 6.33. The number of halogens is 3. The van der Waals surface area contributed by atoms with Crippen LogP contribution in [0, 0.1) is 13.8 Å². The first-order chi connectivity index (χ1) is 14.6. The van der Waals surface area contributed by atoms with E-state index in [4.69, 9.17) is 17.0 Å². The Morgan fingerprint density at radius 2 is 1.84 bits per heavy atom. The normalized spacial score (nSPS) is 11.7. The Bertz CT molecular complexity index is 904. The Kier molecular flexibility index (Phi) is 8.94. The van der Waals surface area contributed by atoms with E-state index in [2.05, 4.69) is 35.6 Å². The summed E-state index contributed by atoms with van der Waals surface area (Å²) in [6.45, 7) is 4.65. The van der Waals surface area contributed by atoms with Crippen LogP contribution in [0.5, 0.6) is 5.75 Å². The summed E-state index contributed by atoms with van der Waals surface area (Å²) in [5.41, 5.74) is 1.85. The Labute approximate surface area is 183 Å². The third-order valence-electron chi connectivity index (χ3n) is 3.55. The fraction of sp³-hybridized carbons (Fsp3) is 0.368. The van der Waals surface area contributed by atoms with Crippen molar-refractivity contribution < 1.29 is 22.6 Å². The van der Waals surface area contributed by atoms with Gasteiger partial charge in [-0.1, -0.05) is 6.07 Å². The molecule has 0 saturated heterocycles. The molecule has 8 nitrogen and oxygen atoms in total. The van der Waals surface area contributed by atoms with Crippen molar-refractivity contribution in [3.8, 4) is 5.75 Å². The average Bonchev–Trinajstić information content (AvgIpc) is 2.63. The summed E-state index contributed by atoms with van der Waals surface area (Å²) in [7, 11) is 1.60. The predicted octanol–water partition coefficient (Wildman–Crippen LogP) is 3.78. The summed E-state index contributed by atoms with van der Waals surface area (Å²) in [6, 6.07) is 7.16. The molecule has 0 aliphatic heterocycles. The second kappa shape index (κ2) is 11.4. The van der Waals surface area contributed by atoms with Crippen LogP contribution in [0.2, 0.25) is 0 Å². The third-order valence-corrected chi connectivity index (χ3v) is 3.75. The first-order valence-corrected chi connectivity index (χ1v) is 9.62. The van der Waals surface area contributed by atoms with Crippen molar-refractivity contribution in [2.45, 2.75) is 26.6 Å². The monoisotopic (exact) mass is 456 g/mol. The lowest BCUT2D eigenvalue weighted by Gasteiger charge is -2.15. The largest absolute Gasteiger partial charge is 0.573 e. The first-order valence-electron chi connectivity index (χ1n) is 9.21. The van der Waals surface area contributed by atoms with Gasteiger partial charge in [-0.15, -0.1) is 13.2 Å². The lowest BCUT2D eigenvalue weighted by Crippen LogP contribution is -2.39. The van der Waals surface area contributed by atoms with Gasteiger partial charge in [0.1, 0.15) is 5.75 Å². The number of nitrogens with one attached hydrogen (secondary N) is 3. The molecule has 0 spiro atoms. The highest BCUT2D eigenvalue weighted by Gasteiger charge is 2.31. The lowest BCUT2D eigenvalue weighted by molar-refractivity contribution is -0.274. The Balaban J connectivity index is 2.08. The molecule has 0 fully saturated rings. The summed E-state index contributed by atoms with van der Waals surface area (Å²) in [5, 5.41) is 8.74. The molecule has 0 bridgehead atoms. The van der Waals surface area contributed by atoms with Crippen LogP contribution in [-0.4, -0.2) is 47.7 Å². The van der Waals surface area contributed by atoms with E-state index in [1.165, 1.54) is 18.2 Å². The number of aromatic nitrogens is 2. The zero-order valence-electron chi connectivity index (χ0n) is 17.2. The van der Waals surface area contributed by atoms with Crippen LogP contribution < -0.4 is 20.7 Å². The van der Waals surface area contributed by atoms with Gasteiger partial charge in [-0.3, -0.25) is 10.3 Å². The standard InChI is InChI=1S/C19H23F3N6O2S/c1-12-10-13(2)25-17(24-12)27-16(23-8-5-9-29-3)28-18(31)26-14-6-4-7-15(11-14)30-19(20,21)22/h4,6-7,10-11H,5,8-9H2,1-3H3,(H3,23,24,25,26,27,28,31). The molecule has 2 aromatic rings. The Morgan fingerprint density at radius 1 is 1.13 bits per heavy atom. The van der Waals surface area contributed by atoms with Crippen molar-refractivity contribution in [3.05, 3.63) is 41.7 Å². The molecule has 0 radical (unpaired) electrons. The topological polar surface area (TPSA) is 92.7 Å². The second-order valence-corrected chi connectivity index (χ2v) is 6.74. The molecule has 3 N–H and O–H groups in total. The SMILES string of the molecule is COCCCN=C(NC(=S)Nc1cccc(OC(F)(F)F)c1)Nc1nc(C)cc(C)n1. The highest BCUT2D eigenvalue weighted by Crippen LogP contribution is 2.25. The van der Waals surface area contributed by atoms with Gasteiger partial charge in [0.2, 0.25) is 11.9 Å². The zero-order valence-corrected chi connectivity index (χ0v) is 18.0. The van der Waals surface area contributed by atoms with E-state index >= 15 is 0 Å². The lowest BCUT2D eigenvalue weighted by atomic mass is 10.3. The molecule has 1 heterocycles. The van der Waals surface area contributed by atoms with Gasteiger partial charge < -0.3 is 20.1 Å². The highest BCUT2D eigenvalue weighted by molar-refractivity contribution is 7.80. The molecular weight excluding hydrogens is 433 g/mol. The third kappa shape index (κ3) is 9.57. The van der Waals surface area contributed by atoms with E-state index in [0.29, 0.717) is 31.2 Å². The van der Waals surface area contributed by atoms with Crippen LogP contribution >= 0.6 is 12.2 Å². The predicted molar refractivity (Wildman–Crippen MR) is 116 cm³/mol. The number of aryl methyl sites for hydroxylation is 2. The number of alkyl halides is 3. The number of benzene rings is 1. The van der Waals surface area contributed by atoms with Crippen molar-refractivity contribution in [1.82, 2.24) is 15.3 Å². The van der Waals surface area contributed by atoms with Gasteiger partial charge in [0.05, 0.1) is 0 Å². The number of hydrogen-bond acceptors (Lipinski definition) is 6. The van der Waals surface area contributed by atoms with Crippen molar-refractivity contribution in [3.63, 3.8) is 0 Å². The summed E-state index contributed by atoms with van der Waals surface area (Å²) >= 11 is 5.26. The van der Waals surface area contributed by atoms with Gasteiger partial charge in [0, 0.05) is 43.4 Å². The fourth-order valence-electron chi connectivity index (χ4n) is 2.44. The number of anilines is 2. The molecule has 1 aromatic carbocycles. The maximum Gasteiger partial charge on any atom is 0.573 e. The highest BCUT2D eigenvalue weighted by atomic mass is 32.1. The molecule has 31 heavy (non-hydrogen) atoms. The van der Waals surface area contributed by atoms with Gasteiger partial charge in [-0.25, -0.2) is 9.97 Å². The average molecular weight is 456 g/mol. The van der Waals surface area contributed by atoms with E-state index in [-0.39, 0.29) is 16.8 Å². The van der Waals surface area contributed by atoms with Crippen molar-refractivity contribution in [1.29, 1.82) is 0 Å². The maximum atomic E-state index is 12.4. The van der Waals surface area contributed by atoms with Gasteiger partial charge in [-0.2, -0.15) is 0 Å². The molecule has 1 aromatic heterocycles. The first kappa shape index (κ1) is 24.3. The molecule has 0 saturated carbocycles. The minimum Gasteiger partial charge on any atom is -0.406 e. The molecule has 0 aliphatic carbocycles. The minimum absolute atomic E-state index is 0.103. The van der Waals surface area contributed by atoms with Crippen molar-refractivity contribution in [2.24, 2.45) is 4.99 Å². The molecule has 12 heteroatoms. The van der Waals surface area contributed by atoms with Crippen molar-refractivity contribution >= 4 is 34.9 Å². The van der Waals surface area contributed by atoms with E-state index in [1.54, 1.807) is 13.2 Å². The van der Waals surface area contributed by atoms with E-state index < -0.39 is 6.36 Å². The number of guanidine groups is 1. The molecular formula is C19H23F3N6O2S. The molecule has 0 unspecified atom stereocenters. The maximum absolute atomic E-state index is 12.4. The van der Waals surface area contributed by atoms with Gasteiger partial charge in [0.15, 0.2) is 5.11 Å². The van der Waals surface area contributed by atoms with E-state index in [9.17, 15) is 13.2 Å². The van der Waals surface area contributed by atoms with Crippen LogP contribution in [0.1, 0.15) is 17.8 Å². The minimum atomic E-state index is -4.78. The zero-order chi connectivity index (χ0) is 22.9. The Morgan fingerprint density at radius 3 is 2.48 bits per heavy atom. The summed E-state index contributed by atoms with van der Waals surface area (Å²) in [5.74, 6) is 0.246. The van der Waals surface area contributed by atoms with Gasteiger partial charge in [0.25, 0.3) is 0 Å². The van der Waals surface area contributed by atoms with Crippen LogP contribution in [0.15, 0.2) is 35.3 Å². The quantitative estimate of drug-likeness (QED) is 0.251. The number of hydrogen-bond donors (Lipinski definition) is 3. The number of aliphatic imine (C=N–C) groups is 1. The number of thiocarbonyl (C=S) groups is 1. The number of ether oxygens (including phenoxy) is 2.